The van der Waals surface area contributed by atoms with E-state index in [1.165, 1.54) is 0 Å². The summed E-state index contributed by atoms with van der Waals surface area (Å²) in [4.78, 5) is 18.0. The van der Waals surface area contributed by atoms with E-state index in [9.17, 15) is 4.79 Å². The molecule has 2 aromatic rings. The smallest absolute Gasteiger partial charge is 0.253 e. The van der Waals surface area contributed by atoms with Crippen LogP contribution >= 0.6 is 12.4 Å². The minimum atomic E-state index is -0.0829. The maximum Gasteiger partial charge on any atom is 0.253 e. The van der Waals surface area contributed by atoms with Gasteiger partial charge in [0.05, 0.1) is 19.3 Å². The van der Waals surface area contributed by atoms with E-state index in [1.54, 1.807) is 37.4 Å². The number of aromatic nitrogens is 1. The average Bonchev–Trinajstić information content (AvgIpc) is 2.61. The highest BCUT2D eigenvalue weighted by Crippen LogP contribution is 2.16. The number of hydrogen-bond donors (Lipinski definition) is 1. The number of likely N-dealkylation sites (N-methyl/N-ethyl adjacent to an activating group) is 1. The van der Waals surface area contributed by atoms with Gasteiger partial charge in [-0.1, -0.05) is 0 Å². The number of halogens is 1. The molecule has 0 fully saturated rings. The summed E-state index contributed by atoms with van der Waals surface area (Å²) in [6, 6.07) is 10.7. The van der Waals surface area contributed by atoms with E-state index in [1.807, 2.05) is 24.3 Å². The Morgan fingerprint density at radius 2 is 1.88 bits per heavy atom. The number of carbonyl (C=O) groups is 1. The first-order valence-electron chi connectivity index (χ1n) is 7.31. The van der Waals surface area contributed by atoms with Crippen molar-refractivity contribution in [1.29, 1.82) is 0 Å². The summed E-state index contributed by atoms with van der Waals surface area (Å²) in [5, 5.41) is 0. The van der Waals surface area contributed by atoms with Crippen LogP contribution in [0.4, 0.5) is 0 Å². The van der Waals surface area contributed by atoms with Gasteiger partial charge in [-0.2, -0.15) is 0 Å². The lowest BCUT2D eigenvalue weighted by Crippen LogP contribution is -2.31. The zero-order valence-electron chi connectivity index (χ0n) is 13.8. The second kappa shape index (κ2) is 9.75. The Bertz CT molecular complexity index is 650. The number of nitrogens with zero attached hydrogens (tertiary/aromatic N) is 2. The van der Waals surface area contributed by atoms with E-state index in [-0.39, 0.29) is 18.3 Å². The second-order valence-corrected chi connectivity index (χ2v) is 4.99. The molecule has 130 valence electrons. The van der Waals surface area contributed by atoms with Gasteiger partial charge in [-0.05, 0) is 36.4 Å². The van der Waals surface area contributed by atoms with E-state index in [4.69, 9.17) is 15.2 Å². The van der Waals surface area contributed by atoms with Crippen LogP contribution in [0.15, 0.2) is 42.6 Å². The van der Waals surface area contributed by atoms with Crippen molar-refractivity contribution in [2.24, 2.45) is 5.73 Å². The highest BCUT2D eigenvalue weighted by atomic mass is 35.5. The monoisotopic (exact) mass is 351 g/mol. The van der Waals surface area contributed by atoms with Crippen LogP contribution in [0, 0.1) is 0 Å². The largest absolute Gasteiger partial charge is 0.497 e. The van der Waals surface area contributed by atoms with Crippen LogP contribution in [0.2, 0.25) is 0 Å². The number of methoxy groups -OCH3 is 1. The zero-order chi connectivity index (χ0) is 16.7. The molecule has 6 nitrogen and oxygen atoms in total. The van der Waals surface area contributed by atoms with Gasteiger partial charge in [-0.3, -0.25) is 9.78 Å². The first kappa shape index (κ1) is 19.7. The maximum atomic E-state index is 12.3. The van der Waals surface area contributed by atoms with Crippen molar-refractivity contribution in [2.45, 2.75) is 6.54 Å². The molecular formula is C17H22ClN3O3. The minimum absolute atomic E-state index is 0. The summed E-state index contributed by atoms with van der Waals surface area (Å²) >= 11 is 0. The summed E-state index contributed by atoms with van der Waals surface area (Å²) in [6.45, 7) is 1.19. The SMILES string of the molecule is COc1ccc(OCCN(C)C(=O)c2ccnc(CN)c2)cc1.Cl. The number of pyridine rings is 1. The Balaban J connectivity index is 0.00000288. The lowest BCUT2D eigenvalue weighted by molar-refractivity contribution is 0.0773. The third-order valence-electron chi connectivity index (χ3n) is 3.37. The Morgan fingerprint density at radius 3 is 2.50 bits per heavy atom. The molecule has 0 radical (unpaired) electrons. The fourth-order valence-electron chi connectivity index (χ4n) is 2.02. The molecule has 0 saturated heterocycles. The van der Waals surface area contributed by atoms with Crippen LogP contribution < -0.4 is 15.2 Å². The first-order chi connectivity index (χ1) is 11.1. The van der Waals surface area contributed by atoms with Crippen LogP contribution in [-0.2, 0) is 6.54 Å². The fourth-order valence-corrected chi connectivity index (χ4v) is 2.02. The molecule has 0 spiro atoms. The molecule has 1 heterocycles. The van der Waals surface area contributed by atoms with Crippen molar-refractivity contribution in [2.75, 3.05) is 27.3 Å². The number of carbonyl (C=O) groups excluding carboxylic acids is 1. The fraction of sp³-hybridized carbons (Fsp3) is 0.294. The van der Waals surface area contributed by atoms with Crippen LogP contribution in [0.5, 0.6) is 11.5 Å². The summed E-state index contributed by atoms with van der Waals surface area (Å²) < 4.78 is 10.7. The van der Waals surface area contributed by atoms with Crippen molar-refractivity contribution in [3.8, 4) is 11.5 Å². The summed E-state index contributed by atoms with van der Waals surface area (Å²) in [5.41, 5.74) is 6.81. The minimum Gasteiger partial charge on any atom is -0.497 e. The molecule has 0 unspecified atom stereocenters. The number of hydrogen-bond acceptors (Lipinski definition) is 5. The Kier molecular flexibility index (Phi) is 8.01. The van der Waals surface area contributed by atoms with Gasteiger partial charge in [0.1, 0.15) is 18.1 Å². The molecule has 0 aliphatic rings. The summed E-state index contributed by atoms with van der Waals surface area (Å²) in [7, 11) is 3.36. The van der Waals surface area contributed by atoms with Gasteiger partial charge in [-0.15, -0.1) is 12.4 Å². The van der Waals surface area contributed by atoms with Gasteiger partial charge in [0.2, 0.25) is 0 Å². The van der Waals surface area contributed by atoms with Crippen LogP contribution in [-0.4, -0.2) is 43.1 Å². The molecule has 1 aromatic carbocycles. The third kappa shape index (κ3) is 5.40. The van der Waals surface area contributed by atoms with E-state index < -0.39 is 0 Å². The lowest BCUT2D eigenvalue weighted by Gasteiger charge is -2.18. The molecule has 2 rings (SSSR count). The highest BCUT2D eigenvalue weighted by molar-refractivity contribution is 5.94. The molecule has 0 aliphatic carbocycles. The van der Waals surface area contributed by atoms with Gasteiger partial charge in [0.25, 0.3) is 5.91 Å². The lowest BCUT2D eigenvalue weighted by atomic mass is 10.2. The van der Waals surface area contributed by atoms with Crippen molar-refractivity contribution < 1.29 is 14.3 Å². The highest BCUT2D eigenvalue weighted by Gasteiger charge is 2.12. The van der Waals surface area contributed by atoms with Gasteiger partial charge >= 0.3 is 0 Å². The van der Waals surface area contributed by atoms with Crippen molar-refractivity contribution >= 4 is 18.3 Å². The first-order valence-corrected chi connectivity index (χ1v) is 7.31. The number of amides is 1. The third-order valence-corrected chi connectivity index (χ3v) is 3.37. The molecule has 1 amide bonds. The standard InChI is InChI=1S/C17H21N3O3.ClH/c1-20(17(21)13-7-8-19-14(11-13)12-18)9-10-23-16-5-3-15(22-2)4-6-16;/h3-8,11H,9-10,12,18H2,1-2H3;1H. The Labute approximate surface area is 148 Å². The number of benzene rings is 1. The average molecular weight is 352 g/mol. The molecular weight excluding hydrogens is 330 g/mol. The van der Waals surface area contributed by atoms with Gasteiger partial charge in [0.15, 0.2) is 0 Å². The van der Waals surface area contributed by atoms with Gasteiger partial charge in [0, 0.05) is 25.4 Å². The predicted molar refractivity (Wildman–Crippen MR) is 94.8 cm³/mol. The molecule has 0 bridgehead atoms. The Morgan fingerprint density at radius 1 is 1.21 bits per heavy atom. The van der Waals surface area contributed by atoms with Crippen molar-refractivity contribution in [3.05, 3.63) is 53.9 Å². The number of ether oxygens (including phenoxy) is 2. The number of nitrogens with two attached hydrogens (primary N) is 1. The number of rotatable bonds is 7. The molecule has 24 heavy (non-hydrogen) atoms. The maximum absolute atomic E-state index is 12.3. The van der Waals surface area contributed by atoms with Crippen molar-refractivity contribution in [1.82, 2.24) is 9.88 Å². The summed E-state index contributed by atoms with van der Waals surface area (Å²) in [5.74, 6) is 1.43. The van der Waals surface area contributed by atoms with E-state index >= 15 is 0 Å². The molecule has 1 aromatic heterocycles. The summed E-state index contributed by atoms with van der Waals surface area (Å²) in [6.07, 6.45) is 1.59. The normalized spacial score (nSPS) is 9.79. The van der Waals surface area contributed by atoms with E-state index in [2.05, 4.69) is 4.98 Å². The van der Waals surface area contributed by atoms with E-state index in [0.717, 1.165) is 11.5 Å². The second-order valence-electron chi connectivity index (χ2n) is 4.99. The van der Waals surface area contributed by atoms with Crippen LogP contribution in [0.3, 0.4) is 0 Å². The molecule has 2 N–H and O–H groups in total. The predicted octanol–water partition coefficient (Wildman–Crippen LogP) is 2.12. The zero-order valence-corrected chi connectivity index (χ0v) is 14.6. The molecule has 0 atom stereocenters. The van der Waals surface area contributed by atoms with Crippen LogP contribution in [0.25, 0.3) is 0 Å². The van der Waals surface area contributed by atoms with Gasteiger partial charge in [-0.25, -0.2) is 0 Å². The van der Waals surface area contributed by atoms with Crippen LogP contribution in [0.1, 0.15) is 16.1 Å². The van der Waals surface area contributed by atoms with Crippen molar-refractivity contribution in [3.63, 3.8) is 0 Å². The molecule has 0 aliphatic heterocycles. The Hall–Kier alpha value is -2.31. The van der Waals surface area contributed by atoms with Gasteiger partial charge < -0.3 is 20.1 Å². The molecule has 0 saturated carbocycles. The van der Waals surface area contributed by atoms with E-state index in [0.29, 0.717) is 31.0 Å². The quantitative estimate of drug-likeness (QED) is 0.826. The molecule has 7 heteroatoms. The topological polar surface area (TPSA) is 77.7 Å².